The van der Waals surface area contributed by atoms with Crippen molar-refractivity contribution in [2.75, 3.05) is 12.9 Å². The number of amides is 1. The second-order valence-corrected chi connectivity index (χ2v) is 6.65. The van der Waals surface area contributed by atoms with Gasteiger partial charge in [0.1, 0.15) is 5.75 Å². The summed E-state index contributed by atoms with van der Waals surface area (Å²) in [7, 11) is 1.62. The summed E-state index contributed by atoms with van der Waals surface area (Å²) in [6, 6.07) is 14.7. The van der Waals surface area contributed by atoms with Crippen LogP contribution in [0.2, 0.25) is 5.02 Å². The molecule has 0 aliphatic carbocycles. The molecular weight excluding hydrogens is 374 g/mol. The summed E-state index contributed by atoms with van der Waals surface area (Å²) in [5.74, 6) is 0.881. The van der Waals surface area contributed by atoms with Gasteiger partial charge < -0.3 is 10.1 Å². The first-order valence-electron chi connectivity index (χ1n) is 7.72. The van der Waals surface area contributed by atoms with Crippen molar-refractivity contribution in [3.8, 4) is 11.4 Å². The van der Waals surface area contributed by atoms with E-state index in [1.165, 1.54) is 11.8 Å². The molecule has 1 aromatic heterocycles. The Hall–Kier alpha value is -2.58. The van der Waals surface area contributed by atoms with Gasteiger partial charge in [-0.15, -0.1) is 5.10 Å². The lowest BCUT2D eigenvalue weighted by Gasteiger charge is -2.07. The maximum atomic E-state index is 12.1. The Balaban J connectivity index is 1.54. The number of hydrogen-bond acceptors (Lipinski definition) is 6. The molecule has 3 aromatic rings. The van der Waals surface area contributed by atoms with Crippen LogP contribution < -0.4 is 10.1 Å². The molecule has 0 aliphatic heterocycles. The monoisotopic (exact) mass is 389 g/mol. The minimum absolute atomic E-state index is 0.105. The molecule has 134 valence electrons. The third kappa shape index (κ3) is 4.74. The van der Waals surface area contributed by atoms with Gasteiger partial charge in [0.05, 0.1) is 18.6 Å². The average Bonchev–Trinajstić information content (AvgIpc) is 3.14. The molecule has 0 aliphatic rings. The largest absolute Gasteiger partial charge is 0.497 e. The van der Waals surface area contributed by atoms with Gasteiger partial charge in [0.2, 0.25) is 11.1 Å². The van der Waals surface area contributed by atoms with Crippen LogP contribution in [0.15, 0.2) is 53.7 Å². The highest BCUT2D eigenvalue weighted by atomic mass is 35.5. The van der Waals surface area contributed by atoms with Crippen molar-refractivity contribution in [2.24, 2.45) is 0 Å². The summed E-state index contributed by atoms with van der Waals surface area (Å²) >= 11 is 7.25. The van der Waals surface area contributed by atoms with E-state index in [4.69, 9.17) is 16.3 Å². The fraction of sp³-hybridized carbons (Fsp3) is 0.176. The number of carbonyl (C=O) groups excluding carboxylic acids is 1. The lowest BCUT2D eigenvalue weighted by Crippen LogP contribution is -2.24. The van der Waals surface area contributed by atoms with Crippen molar-refractivity contribution < 1.29 is 9.53 Å². The summed E-state index contributed by atoms with van der Waals surface area (Å²) in [5.41, 5.74) is 1.73. The van der Waals surface area contributed by atoms with E-state index in [1.807, 2.05) is 36.4 Å². The van der Waals surface area contributed by atoms with Crippen LogP contribution in [0.5, 0.6) is 5.75 Å². The molecule has 26 heavy (non-hydrogen) atoms. The first-order valence-corrected chi connectivity index (χ1v) is 9.09. The van der Waals surface area contributed by atoms with E-state index in [0.717, 1.165) is 17.0 Å². The lowest BCUT2D eigenvalue weighted by atomic mass is 10.2. The molecule has 9 heteroatoms. The molecule has 0 fully saturated rings. The van der Waals surface area contributed by atoms with Crippen molar-refractivity contribution >= 4 is 29.3 Å². The first kappa shape index (κ1) is 18.2. The van der Waals surface area contributed by atoms with Gasteiger partial charge in [-0.3, -0.25) is 4.79 Å². The van der Waals surface area contributed by atoms with Crippen molar-refractivity contribution in [1.29, 1.82) is 0 Å². The Morgan fingerprint density at radius 1 is 1.27 bits per heavy atom. The molecule has 0 saturated carbocycles. The smallest absolute Gasteiger partial charge is 0.230 e. The minimum Gasteiger partial charge on any atom is -0.497 e. The van der Waals surface area contributed by atoms with Crippen molar-refractivity contribution in [1.82, 2.24) is 25.5 Å². The number of benzene rings is 2. The Kier molecular flexibility index (Phi) is 6.08. The number of nitrogens with zero attached hydrogens (tertiary/aromatic N) is 4. The Labute approximate surface area is 159 Å². The molecule has 1 heterocycles. The summed E-state index contributed by atoms with van der Waals surface area (Å²) < 4.78 is 6.66. The normalized spacial score (nSPS) is 10.5. The van der Waals surface area contributed by atoms with Crippen LogP contribution in [-0.4, -0.2) is 39.0 Å². The van der Waals surface area contributed by atoms with Crippen molar-refractivity contribution in [3.63, 3.8) is 0 Å². The number of ether oxygens (including phenoxy) is 1. The summed E-state index contributed by atoms with van der Waals surface area (Å²) in [4.78, 5) is 12.1. The van der Waals surface area contributed by atoms with Gasteiger partial charge >= 0.3 is 0 Å². The third-order valence-corrected chi connectivity index (χ3v) is 4.63. The Morgan fingerprint density at radius 3 is 2.81 bits per heavy atom. The maximum Gasteiger partial charge on any atom is 0.230 e. The molecule has 3 rings (SSSR count). The van der Waals surface area contributed by atoms with Crippen LogP contribution in [-0.2, 0) is 11.3 Å². The van der Waals surface area contributed by atoms with Gasteiger partial charge in [0.25, 0.3) is 0 Å². The lowest BCUT2D eigenvalue weighted by molar-refractivity contribution is -0.118. The van der Waals surface area contributed by atoms with Crippen LogP contribution in [0.1, 0.15) is 5.56 Å². The topological polar surface area (TPSA) is 81.9 Å². The molecule has 0 bridgehead atoms. The standard InChI is InChI=1S/C17H16ClN5O2S/c1-25-15-7-5-12(6-8-15)10-19-16(24)11-26-17-20-21-22-23(17)14-4-2-3-13(18)9-14/h2-9H,10-11H2,1H3,(H,19,24). The number of hydrogen-bond donors (Lipinski definition) is 1. The van der Waals surface area contributed by atoms with Crippen molar-refractivity contribution in [3.05, 3.63) is 59.1 Å². The molecule has 1 N–H and O–H groups in total. The van der Waals surface area contributed by atoms with Gasteiger partial charge in [-0.25, -0.2) is 0 Å². The van der Waals surface area contributed by atoms with E-state index in [9.17, 15) is 4.79 Å². The summed E-state index contributed by atoms with van der Waals surface area (Å²) in [6.07, 6.45) is 0. The average molecular weight is 390 g/mol. The summed E-state index contributed by atoms with van der Waals surface area (Å²) in [6.45, 7) is 0.447. The predicted octanol–water partition coefficient (Wildman–Crippen LogP) is 2.73. The quantitative estimate of drug-likeness (QED) is 0.626. The molecule has 0 saturated heterocycles. The van der Waals surface area contributed by atoms with Crippen molar-refractivity contribution in [2.45, 2.75) is 11.7 Å². The number of thioether (sulfide) groups is 1. The van der Waals surface area contributed by atoms with E-state index in [1.54, 1.807) is 23.9 Å². The Morgan fingerprint density at radius 2 is 2.08 bits per heavy atom. The second kappa shape index (κ2) is 8.68. The number of methoxy groups -OCH3 is 1. The highest BCUT2D eigenvalue weighted by Crippen LogP contribution is 2.20. The van der Waals surface area contributed by atoms with Gasteiger partial charge in [0.15, 0.2) is 0 Å². The van der Waals surface area contributed by atoms with Gasteiger partial charge in [-0.1, -0.05) is 41.6 Å². The fourth-order valence-electron chi connectivity index (χ4n) is 2.16. The third-order valence-electron chi connectivity index (χ3n) is 3.47. The highest BCUT2D eigenvalue weighted by molar-refractivity contribution is 7.99. The maximum absolute atomic E-state index is 12.1. The highest BCUT2D eigenvalue weighted by Gasteiger charge is 2.11. The molecule has 0 unspecified atom stereocenters. The van der Waals surface area contributed by atoms with Crippen LogP contribution in [0.3, 0.4) is 0 Å². The molecule has 7 nitrogen and oxygen atoms in total. The number of tetrazole rings is 1. The second-order valence-electron chi connectivity index (χ2n) is 5.27. The van der Waals surface area contributed by atoms with E-state index in [0.29, 0.717) is 16.7 Å². The van der Waals surface area contributed by atoms with E-state index < -0.39 is 0 Å². The van der Waals surface area contributed by atoms with Gasteiger partial charge in [-0.05, 0) is 46.3 Å². The minimum atomic E-state index is -0.105. The first-order chi connectivity index (χ1) is 12.7. The van der Waals surface area contributed by atoms with Gasteiger partial charge in [-0.2, -0.15) is 4.68 Å². The van der Waals surface area contributed by atoms with Crippen LogP contribution in [0, 0.1) is 0 Å². The van der Waals surface area contributed by atoms with Crippen LogP contribution in [0.25, 0.3) is 5.69 Å². The number of aromatic nitrogens is 4. The molecule has 0 spiro atoms. The van der Waals surface area contributed by atoms with Crippen LogP contribution >= 0.6 is 23.4 Å². The SMILES string of the molecule is COc1ccc(CNC(=O)CSc2nnnn2-c2cccc(Cl)c2)cc1. The molecule has 0 atom stereocenters. The van der Waals surface area contributed by atoms with E-state index in [-0.39, 0.29) is 11.7 Å². The molecule has 1 amide bonds. The molecule has 0 radical (unpaired) electrons. The van der Waals surface area contributed by atoms with E-state index >= 15 is 0 Å². The number of rotatable bonds is 7. The fourth-order valence-corrected chi connectivity index (χ4v) is 3.07. The zero-order valence-electron chi connectivity index (χ0n) is 13.9. The summed E-state index contributed by atoms with van der Waals surface area (Å²) in [5, 5.41) is 15.6. The number of halogens is 1. The predicted molar refractivity (Wildman–Crippen MR) is 99.7 cm³/mol. The number of carbonyl (C=O) groups is 1. The molecule has 2 aromatic carbocycles. The molecular formula is C17H16ClN5O2S. The zero-order chi connectivity index (χ0) is 18.4. The zero-order valence-corrected chi connectivity index (χ0v) is 15.5. The number of nitrogens with one attached hydrogen (secondary N) is 1. The van der Waals surface area contributed by atoms with E-state index in [2.05, 4.69) is 20.8 Å². The Bertz CT molecular complexity index is 885. The van der Waals surface area contributed by atoms with Gasteiger partial charge in [0, 0.05) is 11.6 Å². The van der Waals surface area contributed by atoms with Crippen LogP contribution in [0.4, 0.5) is 0 Å².